The third-order valence-electron chi connectivity index (χ3n) is 3.34. The van der Waals surface area contributed by atoms with Crippen molar-refractivity contribution in [1.82, 2.24) is 0 Å². The topological polar surface area (TPSA) is 49.7 Å². The second kappa shape index (κ2) is 5.33. The van der Waals surface area contributed by atoms with E-state index >= 15 is 0 Å². The SMILES string of the molecule is CCC(CC)B(O)OC(C)(C)C(C)(C)O. The van der Waals surface area contributed by atoms with Crippen LogP contribution in [0.3, 0.4) is 0 Å². The van der Waals surface area contributed by atoms with Crippen LogP contribution < -0.4 is 0 Å². The molecule has 0 saturated carbocycles. The molecule has 0 aromatic heterocycles. The molecule has 0 fully saturated rings. The maximum absolute atomic E-state index is 9.89. The van der Waals surface area contributed by atoms with E-state index in [1.54, 1.807) is 27.7 Å². The summed E-state index contributed by atoms with van der Waals surface area (Å²) in [5.41, 5.74) is -1.73. The molecule has 0 aromatic carbocycles. The predicted octanol–water partition coefficient (Wildman–Crippen LogP) is 2.22. The summed E-state index contributed by atoms with van der Waals surface area (Å²) >= 11 is 0. The van der Waals surface area contributed by atoms with Gasteiger partial charge < -0.3 is 14.8 Å². The molecule has 2 N–H and O–H groups in total. The van der Waals surface area contributed by atoms with Gasteiger partial charge in [0.25, 0.3) is 0 Å². The molecular formula is C11H25BO3. The Balaban J connectivity index is 4.45. The van der Waals surface area contributed by atoms with Crippen molar-refractivity contribution in [3.05, 3.63) is 0 Å². The van der Waals surface area contributed by atoms with Crippen molar-refractivity contribution in [3.8, 4) is 0 Å². The van der Waals surface area contributed by atoms with Crippen LogP contribution in [0.15, 0.2) is 0 Å². The molecule has 0 unspecified atom stereocenters. The summed E-state index contributed by atoms with van der Waals surface area (Å²) in [6.07, 6.45) is 1.75. The predicted molar refractivity (Wildman–Crippen MR) is 63.8 cm³/mol. The third kappa shape index (κ3) is 4.13. The van der Waals surface area contributed by atoms with Gasteiger partial charge in [-0.1, -0.05) is 26.7 Å². The number of aliphatic hydroxyl groups is 1. The molecule has 0 heterocycles. The molecule has 0 saturated heterocycles. The normalized spacial score (nSPS) is 13.4. The smallest absolute Gasteiger partial charge is 0.427 e. The molecular weight excluding hydrogens is 191 g/mol. The second-order valence-corrected chi connectivity index (χ2v) is 5.15. The van der Waals surface area contributed by atoms with Crippen LogP contribution in [0.25, 0.3) is 0 Å². The summed E-state index contributed by atoms with van der Waals surface area (Å²) in [6.45, 7) is 11.0. The molecule has 0 radical (unpaired) electrons. The van der Waals surface area contributed by atoms with Gasteiger partial charge in [-0.05, 0) is 33.5 Å². The van der Waals surface area contributed by atoms with Gasteiger partial charge in [0.05, 0.1) is 11.2 Å². The highest BCUT2D eigenvalue weighted by atomic mass is 16.5. The summed E-state index contributed by atoms with van der Waals surface area (Å²) in [6, 6.07) is 0. The van der Waals surface area contributed by atoms with Gasteiger partial charge in [-0.25, -0.2) is 0 Å². The van der Waals surface area contributed by atoms with Crippen molar-refractivity contribution in [2.75, 3.05) is 0 Å². The van der Waals surface area contributed by atoms with Crippen LogP contribution in [0.1, 0.15) is 54.4 Å². The molecule has 0 spiro atoms. The maximum atomic E-state index is 9.89. The zero-order valence-corrected chi connectivity index (χ0v) is 10.9. The lowest BCUT2D eigenvalue weighted by atomic mass is 9.68. The first-order chi connectivity index (χ1) is 6.65. The van der Waals surface area contributed by atoms with Crippen LogP contribution in [0.4, 0.5) is 0 Å². The number of rotatable bonds is 6. The Labute approximate surface area is 94.0 Å². The maximum Gasteiger partial charge on any atom is 0.457 e. The van der Waals surface area contributed by atoms with Crippen molar-refractivity contribution in [1.29, 1.82) is 0 Å². The molecule has 15 heavy (non-hydrogen) atoms. The standard InChI is InChI=1S/C11H25BO3/c1-7-9(8-2)12(14)15-11(5,6)10(3,4)13/h9,13-14H,7-8H2,1-6H3. The van der Waals surface area contributed by atoms with E-state index in [4.69, 9.17) is 4.65 Å². The Bertz CT molecular complexity index is 183. The summed E-state index contributed by atoms with van der Waals surface area (Å²) in [7, 11) is -0.804. The van der Waals surface area contributed by atoms with Gasteiger partial charge in [0.2, 0.25) is 0 Å². The fourth-order valence-electron chi connectivity index (χ4n) is 1.23. The number of hydrogen-bond donors (Lipinski definition) is 2. The molecule has 90 valence electrons. The van der Waals surface area contributed by atoms with Gasteiger partial charge in [0.15, 0.2) is 0 Å². The van der Waals surface area contributed by atoms with Crippen LogP contribution in [0, 0.1) is 0 Å². The lowest BCUT2D eigenvalue weighted by Gasteiger charge is -2.39. The minimum absolute atomic E-state index is 0.131. The first kappa shape index (κ1) is 14.9. The summed E-state index contributed by atoms with van der Waals surface area (Å²) < 4.78 is 5.55. The molecule has 0 amide bonds. The average molecular weight is 216 g/mol. The second-order valence-electron chi connectivity index (χ2n) is 5.15. The molecule has 0 aromatic rings. The molecule has 0 aliphatic carbocycles. The van der Waals surface area contributed by atoms with Gasteiger partial charge in [-0.2, -0.15) is 0 Å². The molecule has 0 bridgehead atoms. The van der Waals surface area contributed by atoms with E-state index in [0.717, 1.165) is 12.8 Å². The Kier molecular flexibility index (Phi) is 5.31. The summed E-state index contributed by atoms with van der Waals surface area (Å²) in [5.74, 6) is 0.131. The lowest BCUT2D eigenvalue weighted by Crippen LogP contribution is -2.51. The van der Waals surface area contributed by atoms with E-state index < -0.39 is 18.3 Å². The zero-order chi connectivity index (χ0) is 12.3. The summed E-state index contributed by atoms with van der Waals surface area (Å²) in [5, 5.41) is 19.8. The fraction of sp³-hybridized carbons (Fsp3) is 1.00. The van der Waals surface area contributed by atoms with Crippen molar-refractivity contribution in [2.45, 2.75) is 71.4 Å². The van der Waals surface area contributed by atoms with Crippen molar-refractivity contribution < 1.29 is 14.8 Å². The highest BCUT2D eigenvalue weighted by Gasteiger charge is 2.40. The molecule has 3 nitrogen and oxygen atoms in total. The van der Waals surface area contributed by atoms with Gasteiger partial charge in [-0.3, -0.25) is 0 Å². The van der Waals surface area contributed by atoms with E-state index in [1.807, 2.05) is 13.8 Å². The molecule has 0 rings (SSSR count). The summed E-state index contributed by atoms with van der Waals surface area (Å²) in [4.78, 5) is 0. The largest absolute Gasteiger partial charge is 0.457 e. The monoisotopic (exact) mass is 216 g/mol. The van der Waals surface area contributed by atoms with Crippen LogP contribution >= 0.6 is 0 Å². The zero-order valence-electron chi connectivity index (χ0n) is 10.9. The van der Waals surface area contributed by atoms with Crippen LogP contribution in [0.5, 0.6) is 0 Å². The van der Waals surface area contributed by atoms with E-state index in [-0.39, 0.29) is 5.82 Å². The quantitative estimate of drug-likeness (QED) is 0.669. The van der Waals surface area contributed by atoms with E-state index in [1.165, 1.54) is 0 Å². The van der Waals surface area contributed by atoms with Crippen molar-refractivity contribution in [2.24, 2.45) is 0 Å². The van der Waals surface area contributed by atoms with Gasteiger partial charge in [0, 0.05) is 0 Å². The van der Waals surface area contributed by atoms with Crippen LogP contribution in [0.2, 0.25) is 5.82 Å². The Hall–Kier alpha value is -0.0551. The minimum Gasteiger partial charge on any atom is -0.427 e. The number of hydrogen-bond acceptors (Lipinski definition) is 3. The van der Waals surface area contributed by atoms with Gasteiger partial charge in [-0.15, -0.1) is 0 Å². The van der Waals surface area contributed by atoms with Crippen molar-refractivity contribution in [3.63, 3.8) is 0 Å². The first-order valence-electron chi connectivity index (χ1n) is 5.74. The van der Waals surface area contributed by atoms with E-state index in [9.17, 15) is 10.1 Å². The van der Waals surface area contributed by atoms with Crippen LogP contribution in [-0.4, -0.2) is 28.5 Å². The molecule has 4 heteroatoms. The fourth-order valence-corrected chi connectivity index (χ4v) is 1.23. The van der Waals surface area contributed by atoms with E-state index in [2.05, 4.69) is 0 Å². The Morgan fingerprint density at radius 3 is 1.80 bits per heavy atom. The average Bonchev–Trinajstić information content (AvgIpc) is 2.03. The molecule has 0 atom stereocenters. The third-order valence-corrected chi connectivity index (χ3v) is 3.34. The van der Waals surface area contributed by atoms with Crippen LogP contribution in [-0.2, 0) is 4.65 Å². The lowest BCUT2D eigenvalue weighted by molar-refractivity contribution is -0.101. The highest BCUT2D eigenvalue weighted by Crippen LogP contribution is 2.29. The molecule has 0 aliphatic rings. The van der Waals surface area contributed by atoms with Crippen molar-refractivity contribution >= 4 is 7.12 Å². The first-order valence-corrected chi connectivity index (χ1v) is 5.74. The molecule has 0 aliphatic heterocycles. The Morgan fingerprint density at radius 2 is 1.53 bits per heavy atom. The van der Waals surface area contributed by atoms with Gasteiger partial charge >= 0.3 is 7.12 Å². The van der Waals surface area contributed by atoms with E-state index in [0.29, 0.717) is 0 Å². The highest BCUT2D eigenvalue weighted by molar-refractivity contribution is 6.44. The minimum atomic E-state index is -0.972. The van der Waals surface area contributed by atoms with Gasteiger partial charge in [0.1, 0.15) is 0 Å². The Morgan fingerprint density at radius 1 is 1.13 bits per heavy atom.